The van der Waals surface area contributed by atoms with Gasteiger partial charge in [0.05, 0.1) is 17.1 Å². The summed E-state index contributed by atoms with van der Waals surface area (Å²) in [6.07, 6.45) is 0. The molecule has 1 fully saturated rings. The van der Waals surface area contributed by atoms with Crippen LogP contribution in [0.2, 0.25) is 0 Å². The van der Waals surface area contributed by atoms with Gasteiger partial charge >= 0.3 is 0 Å². The largest absolute Gasteiger partial charge is 0.372 e. The molecule has 0 unspecified atom stereocenters. The van der Waals surface area contributed by atoms with E-state index in [1.807, 2.05) is 19.9 Å². The number of thiophene rings is 1. The number of morpholine rings is 1. The second-order valence-electron chi connectivity index (χ2n) is 5.98. The van der Waals surface area contributed by atoms with Crippen LogP contribution >= 0.6 is 11.3 Å². The summed E-state index contributed by atoms with van der Waals surface area (Å²) in [5.41, 5.74) is 0.216. The van der Waals surface area contributed by atoms with Gasteiger partial charge in [0.1, 0.15) is 5.82 Å². The highest BCUT2D eigenvalue weighted by atomic mass is 32.1. The number of carbonyl (C=O) groups excluding carboxylic acids is 1. The molecule has 0 atom stereocenters. The lowest BCUT2D eigenvalue weighted by molar-refractivity contribution is -0.0763. The Bertz CT molecular complexity index is 695. The Kier molecular flexibility index (Phi) is 4.02. The quantitative estimate of drug-likeness (QED) is 0.842. The van der Waals surface area contributed by atoms with Crippen molar-refractivity contribution in [3.05, 3.63) is 47.1 Å². The van der Waals surface area contributed by atoms with E-state index < -0.39 is 0 Å². The summed E-state index contributed by atoms with van der Waals surface area (Å²) in [5, 5.41) is 0. The number of rotatable bonds is 2. The summed E-state index contributed by atoms with van der Waals surface area (Å²) < 4.78 is 19.5. The maximum atomic E-state index is 13.8. The molecule has 3 nitrogen and oxygen atoms in total. The predicted octanol–water partition coefficient (Wildman–Crippen LogP) is 3.81. The highest BCUT2D eigenvalue weighted by Gasteiger charge is 2.31. The van der Waals surface area contributed by atoms with E-state index in [4.69, 9.17) is 4.74 Å². The lowest BCUT2D eigenvalue weighted by Gasteiger charge is -2.37. The Balaban J connectivity index is 1.82. The molecule has 0 bridgehead atoms. The van der Waals surface area contributed by atoms with Crippen molar-refractivity contribution >= 4 is 17.2 Å². The van der Waals surface area contributed by atoms with Crippen LogP contribution in [0.25, 0.3) is 10.4 Å². The highest BCUT2D eigenvalue weighted by Crippen LogP contribution is 2.31. The van der Waals surface area contributed by atoms with Crippen molar-refractivity contribution in [2.75, 3.05) is 19.7 Å². The number of benzene rings is 1. The first-order valence-electron chi connectivity index (χ1n) is 7.24. The van der Waals surface area contributed by atoms with Gasteiger partial charge in [0.25, 0.3) is 5.91 Å². The van der Waals surface area contributed by atoms with Crippen LogP contribution in [0, 0.1) is 5.82 Å². The SMILES string of the molecule is CC1(C)CN(C(=O)c2ccc(-c3ccccc3F)s2)CCO1. The van der Waals surface area contributed by atoms with Gasteiger partial charge in [-0.1, -0.05) is 18.2 Å². The van der Waals surface area contributed by atoms with Crippen molar-refractivity contribution < 1.29 is 13.9 Å². The van der Waals surface area contributed by atoms with E-state index in [1.165, 1.54) is 17.4 Å². The molecule has 1 amide bonds. The molecule has 3 rings (SSSR count). The highest BCUT2D eigenvalue weighted by molar-refractivity contribution is 7.17. The van der Waals surface area contributed by atoms with E-state index in [0.717, 1.165) is 4.88 Å². The smallest absolute Gasteiger partial charge is 0.264 e. The lowest BCUT2D eigenvalue weighted by atomic mass is 10.1. The Morgan fingerprint density at radius 1 is 1.27 bits per heavy atom. The first-order chi connectivity index (χ1) is 10.5. The molecule has 1 aromatic carbocycles. The molecule has 1 aliphatic rings. The molecular formula is C17H18FNO2S. The molecule has 2 aromatic rings. The Labute approximate surface area is 133 Å². The maximum absolute atomic E-state index is 13.8. The molecule has 0 N–H and O–H groups in total. The third-order valence-corrected chi connectivity index (χ3v) is 4.78. The van der Waals surface area contributed by atoms with E-state index >= 15 is 0 Å². The van der Waals surface area contributed by atoms with Gasteiger partial charge in [0, 0.05) is 23.5 Å². The maximum Gasteiger partial charge on any atom is 0.264 e. The second-order valence-corrected chi connectivity index (χ2v) is 7.06. The monoisotopic (exact) mass is 319 g/mol. The molecule has 0 aliphatic carbocycles. The molecule has 0 spiro atoms. The minimum Gasteiger partial charge on any atom is -0.372 e. The summed E-state index contributed by atoms with van der Waals surface area (Å²) in [7, 11) is 0. The van der Waals surface area contributed by atoms with Crippen molar-refractivity contribution in [1.29, 1.82) is 0 Å². The minimum absolute atomic E-state index is 0.0102. The van der Waals surface area contributed by atoms with E-state index in [9.17, 15) is 9.18 Å². The predicted molar refractivity (Wildman–Crippen MR) is 85.6 cm³/mol. The average Bonchev–Trinajstić information content (AvgIpc) is 2.95. The number of amides is 1. The number of nitrogens with zero attached hydrogens (tertiary/aromatic N) is 1. The standard InChI is InChI=1S/C17H18FNO2S/c1-17(2)11-19(9-10-21-17)16(20)15-8-7-14(22-15)12-5-3-4-6-13(12)18/h3-8H,9-11H2,1-2H3. The third-order valence-electron chi connectivity index (χ3n) is 3.67. The van der Waals surface area contributed by atoms with Crippen LogP contribution in [-0.4, -0.2) is 36.1 Å². The Hall–Kier alpha value is -1.72. The summed E-state index contributed by atoms with van der Waals surface area (Å²) in [4.78, 5) is 15.8. The van der Waals surface area contributed by atoms with Gasteiger partial charge < -0.3 is 9.64 Å². The Morgan fingerprint density at radius 3 is 2.77 bits per heavy atom. The van der Waals surface area contributed by atoms with E-state index in [1.54, 1.807) is 29.2 Å². The average molecular weight is 319 g/mol. The molecule has 0 saturated carbocycles. The van der Waals surface area contributed by atoms with Gasteiger partial charge in [-0.2, -0.15) is 0 Å². The van der Waals surface area contributed by atoms with Crippen LogP contribution in [0.4, 0.5) is 4.39 Å². The van der Waals surface area contributed by atoms with E-state index in [2.05, 4.69) is 0 Å². The molecule has 22 heavy (non-hydrogen) atoms. The first kappa shape index (κ1) is 15.2. The van der Waals surface area contributed by atoms with Gasteiger partial charge in [0.15, 0.2) is 0 Å². The van der Waals surface area contributed by atoms with Crippen molar-refractivity contribution in [3.8, 4) is 10.4 Å². The zero-order valence-corrected chi connectivity index (χ0v) is 13.5. The topological polar surface area (TPSA) is 29.5 Å². The number of hydrogen-bond donors (Lipinski definition) is 0. The third kappa shape index (κ3) is 3.05. The molecule has 5 heteroatoms. The van der Waals surface area contributed by atoms with Crippen LogP contribution in [0.5, 0.6) is 0 Å². The zero-order valence-electron chi connectivity index (χ0n) is 12.6. The van der Waals surface area contributed by atoms with Gasteiger partial charge in [-0.3, -0.25) is 4.79 Å². The zero-order chi connectivity index (χ0) is 15.7. The first-order valence-corrected chi connectivity index (χ1v) is 8.06. The fourth-order valence-electron chi connectivity index (χ4n) is 2.60. The summed E-state index contributed by atoms with van der Waals surface area (Å²) in [5.74, 6) is -0.278. The molecule has 2 heterocycles. The van der Waals surface area contributed by atoms with E-state index in [0.29, 0.717) is 30.1 Å². The molecule has 116 valence electrons. The van der Waals surface area contributed by atoms with Crippen molar-refractivity contribution in [2.45, 2.75) is 19.4 Å². The fourth-order valence-corrected chi connectivity index (χ4v) is 3.61. The molecule has 1 aliphatic heterocycles. The van der Waals surface area contributed by atoms with Gasteiger partial charge in [-0.25, -0.2) is 4.39 Å². The van der Waals surface area contributed by atoms with Crippen LogP contribution in [-0.2, 0) is 4.74 Å². The molecule has 0 radical (unpaired) electrons. The fraction of sp³-hybridized carbons (Fsp3) is 0.353. The number of hydrogen-bond acceptors (Lipinski definition) is 3. The minimum atomic E-state index is -0.320. The molecular weight excluding hydrogens is 301 g/mol. The normalized spacial score (nSPS) is 17.5. The van der Waals surface area contributed by atoms with Crippen LogP contribution in [0.3, 0.4) is 0 Å². The summed E-state index contributed by atoms with van der Waals surface area (Å²) >= 11 is 1.33. The van der Waals surface area contributed by atoms with Crippen LogP contribution in [0.15, 0.2) is 36.4 Å². The number of carbonyl (C=O) groups is 1. The number of halogens is 1. The second kappa shape index (κ2) is 5.82. The lowest BCUT2D eigenvalue weighted by Crippen LogP contribution is -2.50. The summed E-state index contributed by atoms with van der Waals surface area (Å²) in [6, 6.07) is 10.2. The van der Waals surface area contributed by atoms with Gasteiger partial charge in [-0.05, 0) is 32.0 Å². The number of ether oxygens (including phenoxy) is 1. The van der Waals surface area contributed by atoms with Crippen molar-refractivity contribution in [1.82, 2.24) is 4.90 Å². The van der Waals surface area contributed by atoms with E-state index in [-0.39, 0.29) is 17.3 Å². The van der Waals surface area contributed by atoms with Crippen molar-refractivity contribution in [2.24, 2.45) is 0 Å². The van der Waals surface area contributed by atoms with Crippen molar-refractivity contribution in [3.63, 3.8) is 0 Å². The van der Waals surface area contributed by atoms with Gasteiger partial charge in [-0.15, -0.1) is 11.3 Å². The molecule has 1 aromatic heterocycles. The molecule has 1 saturated heterocycles. The van der Waals surface area contributed by atoms with Crippen LogP contribution < -0.4 is 0 Å². The summed E-state index contributed by atoms with van der Waals surface area (Å²) in [6.45, 7) is 5.66. The van der Waals surface area contributed by atoms with Crippen LogP contribution in [0.1, 0.15) is 23.5 Å². The Morgan fingerprint density at radius 2 is 2.05 bits per heavy atom. The van der Waals surface area contributed by atoms with Gasteiger partial charge in [0.2, 0.25) is 0 Å².